The summed E-state index contributed by atoms with van der Waals surface area (Å²) >= 11 is 0. The molecule has 0 atom stereocenters. The molecule has 0 spiro atoms. The van der Waals surface area contributed by atoms with Crippen LogP contribution in [0.1, 0.15) is 37.3 Å². The molecule has 2 N–H and O–H groups in total. The van der Waals surface area contributed by atoms with E-state index in [9.17, 15) is 9.59 Å². The molecule has 4 aromatic rings. The second-order valence-electron chi connectivity index (χ2n) is 9.21. The number of carbonyl (C=O) groups is 2. The predicted octanol–water partition coefficient (Wildman–Crippen LogP) is 3.96. The number of nitrogens with zero attached hydrogens (tertiary/aromatic N) is 4. The number of benzene rings is 2. The van der Waals surface area contributed by atoms with Gasteiger partial charge in [-0.15, -0.1) is 0 Å². The van der Waals surface area contributed by atoms with Crippen molar-refractivity contribution in [2.75, 3.05) is 18.4 Å². The van der Waals surface area contributed by atoms with Gasteiger partial charge in [-0.2, -0.15) is 0 Å². The number of carbonyl (C=O) groups excluding carboxylic acids is 2. The minimum Gasteiger partial charge on any atom is -0.343 e. The predicted molar refractivity (Wildman–Crippen MR) is 132 cm³/mol. The molecule has 2 aromatic carbocycles. The van der Waals surface area contributed by atoms with E-state index in [1.54, 1.807) is 0 Å². The van der Waals surface area contributed by atoms with Crippen molar-refractivity contribution < 1.29 is 9.59 Å². The summed E-state index contributed by atoms with van der Waals surface area (Å²) in [4.78, 5) is 39.5. The number of nitrogens with one attached hydrogen (secondary N) is 2. The average Bonchev–Trinajstić information content (AvgIpc) is 3.36. The second-order valence-corrected chi connectivity index (χ2v) is 9.21. The Bertz CT molecular complexity index is 1350. The number of hydrogen-bond acceptors (Lipinski definition) is 4. The van der Waals surface area contributed by atoms with Crippen molar-refractivity contribution >= 4 is 39.6 Å². The van der Waals surface area contributed by atoms with Gasteiger partial charge in [0.15, 0.2) is 0 Å². The van der Waals surface area contributed by atoms with E-state index < -0.39 is 0 Å². The first kappa shape index (κ1) is 22.1. The Hall–Kier alpha value is -3.68. The maximum Gasteiger partial charge on any atom is 0.224 e. The molecule has 0 unspecified atom stereocenters. The van der Waals surface area contributed by atoms with Crippen molar-refractivity contribution in [1.29, 1.82) is 0 Å². The third kappa shape index (κ3) is 4.66. The number of imidazole rings is 2. The fraction of sp³-hybridized carbons (Fsp3) is 0.385. The van der Waals surface area contributed by atoms with E-state index in [0.29, 0.717) is 38.3 Å². The first-order chi connectivity index (χ1) is 16.5. The first-order valence-corrected chi connectivity index (χ1v) is 11.9. The second kappa shape index (κ2) is 9.29. The molecule has 0 bridgehead atoms. The van der Waals surface area contributed by atoms with Crippen LogP contribution in [-0.2, 0) is 23.1 Å². The molecule has 0 radical (unpaired) electrons. The van der Waals surface area contributed by atoms with Gasteiger partial charge >= 0.3 is 0 Å². The summed E-state index contributed by atoms with van der Waals surface area (Å²) in [5.41, 5.74) is 4.63. The Morgan fingerprint density at radius 2 is 1.88 bits per heavy atom. The van der Waals surface area contributed by atoms with Crippen LogP contribution in [0.3, 0.4) is 0 Å². The molecule has 1 aliphatic rings. The van der Waals surface area contributed by atoms with Crippen LogP contribution in [0.2, 0.25) is 0 Å². The minimum absolute atomic E-state index is 0.0159. The highest BCUT2D eigenvalue weighted by Gasteiger charge is 2.24. The molecule has 2 aromatic heterocycles. The Morgan fingerprint density at radius 1 is 1.09 bits per heavy atom. The van der Waals surface area contributed by atoms with Gasteiger partial charge in [0.1, 0.15) is 11.6 Å². The van der Waals surface area contributed by atoms with Crippen LogP contribution in [0.5, 0.6) is 0 Å². The standard InChI is InChI=1S/C26H30N6O2/c1-17-27-20-8-7-19(16-22(20)28-17)29-25(33)15-18-11-13-32(14-12-18)26(34)10-9-24-30-21-5-3-4-6-23(21)31(24)2/h3-8,16,18H,9-15H2,1-2H3,(H,27,28)(H,29,33). The van der Waals surface area contributed by atoms with Gasteiger partial charge in [0.05, 0.1) is 22.1 Å². The van der Waals surface area contributed by atoms with Crippen LogP contribution in [0.4, 0.5) is 5.69 Å². The Morgan fingerprint density at radius 3 is 2.68 bits per heavy atom. The highest BCUT2D eigenvalue weighted by molar-refractivity contribution is 5.93. The van der Waals surface area contributed by atoms with Crippen LogP contribution in [0, 0.1) is 12.8 Å². The molecule has 34 heavy (non-hydrogen) atoms. The van der Waals surface area contributed by atoms with Crippen molar-refractivity contribution in [2.45, 2.75) is 39.0 Å². The molecular weight excluding hydrogens is 428 g/mol. The smallest absolute Gasteiger partial charge is 0.224 e. The molecule has 5 rings (SSSR count). The van der Waals surface area contributed by atoms with Crippen molar-refractivity contribution in [3.8, 4) is 0 Å². The third-order valence-electron chi connectivity index (χ3n) is 6.77. The van der Waals surface area contributed by atoms with Crippen LogP contribution in [-0.4, -0.2) is 49.3 Å². The SMILES string of the molecule is Cc1nc2ccc(NC(=O)CC3CCN(C(=O)CCc4nc5ccccc5n4C)CC3)cc2[nH]1. The van der Waals surface area contributed by atoms with Gasteiger partial charge < -0.3 is 19.8 Å². The number of amides is 2. The molecule has 176 valence electrons. The molecule has 8 nitrogen and oxygen atoms in total. The number of rotatable bonds is 6. The van der Waals surface area contributed by atoms with E-state index in [1.807, 2.05) is 61.3 Å². The molecule has 8 heteroatoms. The number of para-hydroxylation sites is 2. The van der Waals surface area contributed by atoms with Crippen molar-refractivity contribution in [2.24, 2.45) is 13.0 Å². The van der Waals surface area contributed by atoms with E-state index in [4.69, 9.17) is 0 Å². The number of aryl methyl sites for hydroxylation is 3. The Balaban J connectivity index is 1.09. The van der Waals surface area contributed by atoms with Crippen molar-refractivity contribution in [1.82, 2.24) is 24.4 Å². The van der Waals surface area contributed by atoms with E-state index in [0.717, 1.165) is 52.2 Å². The topological polar surface area (TPSA) is 95.9 Å². The highest BCUT2D eigenvalue weighted by atomic mass is 16.2. The lowest BCUT2D eigenvalue weighted by Crippen LogP contribution is -2.39. The number of anilines is 1. The van der Waals surface area contributed by atoms with Gasteiger partial charge in [-0.05, 0) is 56.0 Å². The molecule has 1 saturated heterocycles. The average molecular weight is 459 g/mol. The summed E-state index contributed by atoms with van der Waals surface area (Å²) in [6.07, 6.45) is 3.26. The van der Waals surface area contributed by atoms with Crippen LogP contribution < -0.4 is 5.32 Å². The zero-order valence-corrected chi connectivity index (χ0v) is 19.7. The normalized spacial score (nSPS) is 14.7. The fourth-order valence-corrected chi connectivity index (χ4v) is 4.87. The molecule has 3 heterocycles. The zero-order chi connectivity index (χ0) is 23.7. The number of aromatic amines is 1. The molecule has 2 amide bonds. The lowest BCUT2D eigenvalue weighted by Gasteiger charge is -2.31. The van der Waals surface area contributed by atoms with Crippen molar-refractivity contribution in [3.63, 3.8) is 0 Å². The van der Waals surface area contributed by atoms with Gasteiger partial charge in [0, 0.05) is 45.1 Å². The number of hydrogen-bond donors (Lipinski definition) is 2. The highest BCUT2D eigenvalue weighted by Crippen LogP contribution is 2.23. The Labute approximate surface area is 198 Å². The van der Waals surface area contributed by atoms with E-state index >= 15 is 0 Å². The lowest BCUT2D eigenvalue weighted by molar-refractivity contribution is -0.132. The Kier molecular flexibility index (Phi) is 6.04. The quantitative estimate of drug-likeness (QED) is 0.457. The number of H-pyrrole nitrogens is 1. The van der Waals surface area contributed by atoms with Gasteiger partial charge in [-0.3, -0.25) is 9.59 Å². The largest absolute Gasteiger partial charge is 0.343 e. The molecule has 1 aliphatic heterocycles. The fourth-order valence-electron chi connectivity index (χ4n) is 4.87. The maximum absolute atomic E-state index is 12.8. The summed E-state index contributed by atoms with van der Waals surface area (Å²) in [6.45, 7) is 3.33. The summed E-state index contributed by atoms with van der Waals surface area (Å²) in [5.74, 6) is 2.26. The number of fused-ring (bicyclic) bond motifs is 2. The molecule has 0 aliphatic carbocycles. The monoisotopic (exact) mass is 458 g/mol. The third-order valence-corrected chi connectivity index (χ3v) is 6.77. The summed E-state index contributed by atoms with van der Waals surface area (Å²) in [6, 6.07) is 13.7. The van der Waals surface area contributed by atoms with Gasteiger partial charge in [0.25, 0.3) is 0 Å². The summed E-state index contributed by atoms with van der Waals surface area (Å²) in [7, 11) is 2.00. The van der Waals surface area contributed by atoms with Crippen LogP contribution in [0.25, 0.3) is 22.1 Å². The van der Waals surface area contributed by atoms with Crippen LogP contribution in [0.15, 0.2) is 42.5 Å². The lowest BCUT2D eigenvalue weighted by atomic mass is 9.93. The van der Waals surface area contributed by atoms with Crippen LogP contribution >= 0.6 is 0 Å². The summed E-state index contributed by atoms with van der Waals surface area (Å²) < 4.78 is 2.07. The molecular formula is C26H30N6O2. The van der Waals surface area contributed by atoms with E-state index in [1.165, 1.54) is 0 Å². The van der Waals surface area contributed by atoms with E-state index in [-0.39, 0.29) is 11.8 Å². The maximum atomic E-state index is 12.8. The van der Waals surface area contributed by atoms with Gasteiger partial charge in [-0.1, -0.05) is 12.1 Å². The number of piperidine rings is 1. The number of aromatic nitrogens is 4. The minimum atomic E-state index is 0.0159. The molecule has 1 fully saturated rings. The van der Waals surface area contributed by atoms with Gasteiger partial charge in [-0.25, -0.2) is 9.97 Å². The number of likely N-dealkylation sites (tertiary alicyclic amines) is 1. The zero-order valence-electron chi connectivity index (χ0n) is 19.7. The van der Waals surface area contributed by atoms with Gasteiger partial charge in [0.2, 0.25) is 11.8 Å². The van der Waals surface area contributed by atoms with Crippen molar-refractivity contribution in [3.05, 3.63) is 54.1 Å². The van der Waals surface area contributed by atoms with E-state index in [2.05, 4.69) is 24.8 Å². The molecule has 0 saturated carbocycles. The first-order valence-electron chi connectivity index (χ1n) is 11.9. The summed E-state index contributed by atoms with van der Waals surface area (Å²) in [5, 5.41) is 3.00.